The molecule has 1 atom stereocenters. The van der Waals surface area contributed by atoms with Crippen LogP contribution < -0.4 is 0 Å². The highest BCUT2D eigenvalue weighted by molar-refractivity contribution is 5.88. The molecule has 1 unspecified atom stereocenters. The summed E-state index contributed by atoms with van der Waals surface area (Å²) in [5.74, 6) is 0.330. The number of ether oxygens (including phenoxy) is 1. The molecular weight excluding hydrogens is 188 g/mol. The van der Waals surface area contributed by atoms with Crippen LogP contribution in [0.1, 0.15) is 37.0 Å². The van der Waals surface area contributed by atoms with E-state index in [1.54, 1.807) is 12.1 Å². The smallest absolute Gasteiger partial charge is 0.338 e. The van der Waals surface area contributed by atoms with E-state index in [4.69, 9.17) is 4.74 Å². The molecule has 15 heavy (non-hydrogen) atoms. The van der Waals surface area contributed by atoms with Gasteiger partial charge in [0, 0.05) is 0 Å². The summed E-state index contributed by atoms with van der Waals surface area (Å²) in [6.07, 6.45) is 2.05. The van der Waals surface area contributed by atoms with E-state index in [0.717, 1.165) is 12.8 Å². The van der Waals surface area contributed by atoms with Crippen molar-refractivity contribution in [3.63, 3.8) is 0 Å². The Bertz CT molecular complexity index is 293. The first-order valence-corrected chi connectivity index (χ1v) is 5.38. The SMILES string of the molecule is CCC(C)CCOC(=O)c1[c]cccc1. The normalized spacial score (nSPS) is 12.1. The number of carbonyl (C=O) groups is 1. The van der Waals surface area contributed by atoms with Gasteiger partial charge in [-0.2, -0.15) is 0 Å². The number of carbonyl (C=O) groups excluding carboxylic acids is 1. The standard InChI is InChI=1S/C13H17O2/c1-3-11(2)9-10-15-13(14)12-7-5-4-6-8-12/h4-7,11H,3,9-10H2,1-2H3. The third-order valence-corrected chi connectivity index (χ3v) is 2.47. The number of hydrogen-bond acceptors (Lipinski definition) is 2. The average molecular weight is 205 g/mol. The van der Waals surface area contributed by atoms with Crippen molar-refractivity contribution in [3.05, 3.63) is 35.9 Å². The molecule has 1 rings (SSSR count). The summed E-state index contributed by atoms with van der Waals surface area (Å²) in [5, 5.41) is 0. The molecule has 0 aliphatic carbocycles. The van der Waals surface area contributed by atoms with Crippen molar-refractivity contribution in [1.29, 1.82) is 0 Å². The summed E-state index contributed by atoms with van der Waals surface area (Å²) in [4.78, 5) is 11.5. The minimum absolute atomic E-state index is 0.279. The first-order valence-electron chi connectivity index (χ1n) is 5.38. The maximum atomic E-state index is 11.5. The van der Waals surface area contributed by atoms with Crippen LogP contribution in [-0.4, -0.2) is 12.6 Å². The summed E-state index contributed by atoms with van der Waals surface area (Å²) >= 11 is 0. The van der Waals surface area contributed by atoms with Crippen molar-refractivity contribution in [1.82, 2.24) is 0 Å². The van der Waals surface area contributed by atoms with Gasteiger partial charge < -0.3 is 4.74 Å². The molecule has 0 N–H and O–H groups in total. The van der Waals surface area contributed by atoms with Crippen LogP contribution in [0.25, 0.3) is 0 Å². The Morgan fingerprint density at radius 1 is 1.53 bits per heavy atom. The fourth-order valence-corrected chi connectivity index (χ4v) is 1.15. The largest absolute Gasteiger partial charge is 0.462 e. The van der Waals surface area contributed by atoms with Crippen LogP contribution >= 0.6 is 0 Å². The van der Waals surface area contributed by atoms with Crippen molar-refractivity contribution >= 4 is 5.97 Å². The van der Waals surface area contributed by atoms with Crippen molar-refractivity contribution in [2.45, 2.75) is 26.7 Å². The quantitative estimate of drug-likeness (QED) is 0.690. The second kappa shape index (κ2) is 6.23. The van der Waals surface area contributed by atoms with Crippen LogP contribution in [0.3, 0.4) is 0 Å². The molecule has 0 bridgehead atoms. The molecule has 81 valence electrons. The zero-order valence-electron chi connectivity index (χ0n) is 9.32. The predicted octanol–water partition coefficient (Wildman–Crippen LogP) is 3.08. The average Bonchev–Trinajstić information content (AvgIpc) is 2.29. The summed E-state index contributed by atoms with van der Waals surface area (Å²) in [5.41, 5.74) is 0.502. The van der Waals surface area contributed by atoms with Crippen LogP contribution in [-0.2, 0) is 4.74 Å². The molecule has 2 heteroatoms. The van der Waals surface area contributed by atoms with Gasteiger partial charge in [0.2, 0.25) is 0 Å². The minimum atomic E-state index is -0.279. The predicted molar refractivity (Wildman–Crippen MR) is 59.6 cm³/mol. The number of rotatable bonds is 5. The van der Waals surface area contributed by atoms with Gasteiger partial charge in [-0.3, -0.25) is 0 Å². The third kappa shape index (κ3) is 4.15. The third-order valence-electron chi connectivity index (χ3n) is 2.47. The second-order valence-electron chi connectivity index (χ2n) is 3.71. The minimum Gasteiger partial charge on any atom is -0.462 e. The molecular formula is C13H17O2. The van der Waals surface area contributed by atoms with Gasteiger partial charge in [-0.25, -0.2) is 4.79 Å². The Morgan fingerprint density at radius 2 is 2.33 bits per heavy atom. The summed E-state index contributed by atoms with van der Waals surface area (Å²) in [6, 6.07) is 9.91. The van der Waals surface area contributed by atoms with Gasteiger partial charge in [-0.05, 0) is 24.5 Å². The molecule has 0 aliphatic rings. The van der Waals surface area contributed by atoms with Crippen LogP contribution in [0, 0.1) is 12.0 Å². The monoisotopic (exact) mass is 205 g/mol. The molecule has 1 radical (unpaired) electrons. The van der Waals surface area contributed by atoms with E-state index in [9.17, 15) is 4.79 Å². The van der Waals surface area contributed by atoms with Crippen LogP contribution in [0.5, 0.6) is 0 Å². The van der Waals surface area contributed by atoms with Crippen molar-refractivity contribution in [3.8, 4) is 0 Å². The van der Waals surface area contributed by atoms with Crippen molar-refractivity contribution < 1.29 is 9.53 Å². The zero-order chi connectivity index (χ0) is 11.1. The first-order chi connectivity index (χ1) is 7.24. The van der Waals surface area contributed by atoms with E-state index < -0.39 is 0 Å². The second-order valence-corrected chi connectivity index (χ2v) is 3.71. The molecule has 2 nitrogen and oxygen atoms in total. The molecule has 0 aliphatic heterocycles. The summed E-state index contributed by atoms with van der Waals surface area (Å²) in [6.45, 7) is 4.79. The van der Waals surface area contributed by atoms with Gasteiger partial charge in [0.15, 0.2) is 0 Å². The molecule has 1 aromatic rings. The van der Waals surface area contributed by atoms with Crippen molar-refractivity contribution in [2.24, 2.45) is 5.92 Å². The van der Waals surface area contributed by atoms with Gasteiger partial charge in [-0.1, -0.05) is 38.5 Å². The summed E-state index contributed by atoms with van der Waals surface area (Å²) < 4.78 is 5.13. The van der Waals surface area contributed by atoms with Crippen molar-refractivity contribution in [2.75, 3.05) is 6.61 Å². The lowest BCUT2D eigenvalue weighted by molar-refractivity contribution is 0.0484. The summed E-state index contributed by atoms with van der Waals surface area (Å²) in [7, 11) is 0. The maximum absolute atomic E-state index is 11.5. The molecule has 0 saturated carbocycles. The molecule has 0 saturated heterocycles. The Kier molecular flexibility index (Phi) is 4.88. The van der Waals surface area contributed by atoms with Gasteiger partial charge >= 0.3 is 5.97 Å². The molecule has 0 fully saturated rings. The fraction of sp³-hybridized carbons (Fsp3) is 0.462. The van der Waals surface area contributed by atoms with E-state index in [1.165, 1.54) is 0 Å². The number of benzene rings is 1. The van der Waals surface area contributed by atoms with Crippen LogP contribution in [0.4, 0.5) is 0 Å². The lowest BCUT2D eigenvalue weighted by Crippen LogP contribution is -2.08. The molecule has 0 heterocycles. The Morgan fingerprint density at radius 3 is 2.93 bits per heavy atom. The van der Waals surface area contributed by atoms with E-state index in [-0.39, 0.29) is 5.97 Å². The Labute approximate surface area is 91.3 Å². The maximum Gasteiger partial charge on any atom is 0.338 e. The highest BCUT2D eigenvalue weighted by Crippen LogP contribution is 2.07. The lowest BCUT2D eigenvalue weighted by Gasteiger charge is -2.08. The molecule has 0 amide bonds. The van der Waals surface area contributed by atoms with E-state index >= 15 is 0 Å². The fourth-order valence-electron chi connectivity index (χ4n) is 1.15. The number of esters is 1. The molecule has 0 aromatic heterocycles. The lowest BCUT2D eigenvalue weighted by atomic mass is 10.1. The van der Waals surface area contributed by atoms with Gasteiger partial charge in [0.25, 0.3) is 0 Å². The van der Waals surface area contributed by atoms with Gasteiger partial charge in [0.05, 0.1) is 12.2 Å². The van der Waals surface area contributed by atoms with Gasteiger partial charge in [-0.15, -0.1) is 0 Å². The van der Waals surface area contributed by atoms with Gasteiger partial charge in [0.1, 0.15) is 0 Å². The Balaban J connectivity index is 2.31. The Hall–Kier alpha value is -1.31. The van der Waals surface area contributed by atoms with Crippen LogP contribution in [0.15, 0.2) is 24.3 Å². The highest BCUT2D eigenvalue weighted by Gasteiger charge is 2.06. The molecule has 0 spiro atoms. The molecule has 1 aromatic carbocycles. The zero-order valence-corrected chi connectivity index (χ0v) is 9.32. The van der Waals surface area contributed by atoms with E-state index in [2.05, 4.69) is 19.9 Å². The van der Waals surface area contributed by atoms with E-state index in [0.29, 0.717) is 18.1 Å². The first kappa shape index (κ1) is 11.8. The van der Waals surface area contributed by atoms with Crippen LogP contribution in [0.2, 0.25) is 0 Å². The topological polar surface area (TPSA) is 26.3 Å². The van der Waals surface area contributed by atoms with E-state index in [1.807, 2.05) is 12.1 Å². The number of hydrogen-bond donors (Lipinski definition) is 0. The highest BCUT2D eigenvalue weighted by atomic mass is 16.5.